The van der Waals surface area contributed by atoms with E-state index in [0.717, 1.165) is 36.8 Å². The van der Waals surface area contributed by atoms with Crippen molar-refractivity contribution in [1.82, 2.24) is 24.8 Å². The van der Waals surface area contributed by atoms with E-state index in [9.17, 15) is 4.79 Å². The summed E-state index contributed by atoms with van der Waals surface area (Å²) in [4.78, 5) is 29.6. The number of anilines is 2. The molecule has 1 atom stereocenters. The Morgan fingerprint density at radius 3 is 2.93 bits per heavy atom. The number of nitrogens with zero attached hydrogens (tertiary/aromatic N) is 5. The zero-order chi connectivity index (χ0) is 19.2. The summed E-state index contributed by atoms with van der Waals surface area (Å²) in [5.74, 6) is 2.48. The number of aryl methyl sites for hydroxylation is 1. The standard InChI is InChI=1S/C20H26N6O/c1-15-22-17(13-19(23-15)24-18-7-4-5-10-21-18)16-9-12-26(14-16)20(27)8-6-11-25(2)3/h4-8,10,13,16H,9,11-12,14H2,1-3H3,(H,21,22,23,24)/b8-6+/t16-/m0/s1. The molecular weight excluding hydrogens is 340 g/mol. The van der Waals surface area contributed by atoms with Gasteiger partial charge in [-0.1, -0.05) is 12.1 Å². The Bertz CT molecular complexity index is 805. The highest BCUT2D eigenvalue weighted by Crippen LogP contribution is 2.27. The van der Waals surface area contributed by atoms with Gasteiger partial charge in [-0.2, -0.15) is 0 Å². The molecule has 7 heteroatoms. The third-order valence-electron chi connectivity index (χ3n) is 4.43. The molecule has 0 aromatic carbocycles. The summed E-state index contributed by atoms with van der Waals surface area (Å²) in [6.07, 6.45) is 6.22. The Morgan fingerprint density at radius 2 is 2.19 bits per heavy atom. The Balaban J connectivity index is 1.66. The van der Waals surface area contributed by atoms with E-state index in [-0.39, 0.29) is 11.8 Å². The second-order valence-electron chi connectivity index (χ2n) is 7.00. The summed E-state index contributed by atoms with van der Waals surface area (Å²) >= 11 is 0. The van der Waals surface area contributed by atoms with Crippen molar-refractivity contribution in [1.29, 1.82) is 0 Å². The van der Waals surface area contributed by atoms with Gasteiger partial charge in [-0.3, -0.25) is 4.79 Å². The number of hydrogen-bond acceptors (Lipinski definition) is 6. The monoisotopic (exact) mass is 366 g/mol. The number of pyridine rings is 1. The van der Waals surface area contributed by atoms with Gasteiger partial charge in [-0.05, 0) is 39.6 Å². The van der Waals surface area contributed by atoms with Gasteiger partial charge >= 0.3 is 0 Å². The maximum absolute atomic E-state index is 12.3. The highest BCUT2D eigenvalue weighted by molar-refractivity contribution is 5.87. The predicted molar refractivity (Wildman–Crippen MR) is 106 cm³/mol. The Morgan fingerprint density at radius 1 is 1.33 bits per heavy atom. The smallest absolute Gasteiger partial charge is 0.246 e. The van der Waals surface area contributed by atoms with Gasteiger partial charge in [0.15, 0.2) is 0 Å². The minimum atomic E-state index is 0.0666. The first-order valence-corrected chi connectivity index (χ1v) is 9.15. The number of nitrogens with one attached hydrogen (secondary N) is 1. The van der Waals surface area contributed by atoms with E-state index >= 15 is 0 Å². The molecule has 0 unspecified atom stereocenters. The van der Waals surface area contributed by atoms with Crippen molar-refractivity contribution in [2.75, 3.05) is 39.0 Å². The van der Waals surface area contributed by atoms with Crippen molar-refractivity contribution in [3.05, 3.63) is 54.1 Å². The minimum absolute atomic E-state index is 0.0666. The molecule has 1 aliphatic heterocycles. The van der Waals surface area contributed by atoms with Crippen LogP contribution in [0.3, 0.4) is 0 Å². The molecule has 2 aromatic heterocycles. The molecule has 0 radical (unpaired) electrons. The normalized spacial score (nSPS) is 17.0. The molecule has 142 valence electrons. The first-order valence-electron chi connectivity index (χ1n) is 9.15. The molecule has 1 aliphatic rings. The molecule has 1 saturated heterocycles. The molecule has 27 heavy (non-hydrogen) atoms. The Kier molecular flexibility index (Phi) is 6.13. The fourth-order valence-corrected chi connectivity index (χ4v) is 3.10. The van der Waals surface area contributed by atoms with Gasteiger partial charge in [0, 0.05) is 43.9 Å². The second-order valence-corrected chi connectivity index (χ2v) is 7.00. The van der Waals surface area contributed by atoms with Crippen LogP contribution < -0.4 is 5.32 Å². The van der Waals surface area contributed by atoms with Crippen LogP contribution in [0.15, 0.2) is 42.6 Å². The zero-order valence-electron chi connectivity index (χ0n) is 16.1. The lowest BCUT2D eigenvalue weighted by Crippen LogP contribution is -2.27. The number of carbonyl (C=O) groups is 1. The SMILES string of the molecule is Cc1nc(Nc2ccccn2)cc([C@H]2CCN(C(=O)/C=C/CN(C)C)C2)n1. The van der Waals surface area contributed by atoms with E-state index in [1.165, 1.54) is 0 Å². The van der Waals surface area contributed by atoms with Gasteiger partial charge < -0.3 is 15.1 Å². The number of aromatic nitrogens is 3. The largest absolute Gasteiger partial charge is 0.338 e. The summed E-state index contributed by atoms with van der Waals surface area (Å²) in [6, 6.07) is 7.66. The van der Waals surface area contributed by atoms with Crippen molar-refractivity contribution in [2.24, 2.45) is 0 Å². The van der Waals surface area contributed by atoms with Crippen LogP contribution in [0.5, 0.6) is 0 Å². The molecule has 7 nitrogen and oxygen atoms in total. The third kappa shape index (κ3) is 5.34. The van der Waals surface area contributed by atoms with Crippen LogP contribution in [0.1, 0.15) is 23.9 Å². The zero-order valence-corrected chi connectivity index (χ0v) is 16.1. The molecule has 0 saturated carbocycles. The molecule has 1 fully saturated rings. The van der Waals surface area contributed by atoms with Crippen molar-refractivity contribution < 1.29 is 4.79 Å². The maximum atomic E-state index is 12.3. The van der Waals surface area contributed by atoms with Gasteiger partial charge in [0.1, 0.15) is 17.5 Å². The number of likely N-dealkylation sites (tertiary alicyclic amines) is 1. The highest BCUT2D eigenvalue weighted by Gasteiger charge is 2.27. The van der Waals surface area contributed by atoms with Gasteiger partial charge in [0.05, 0.1) is 5.69 Å². The van der Waals surface area contributed by atoms with E-state index in [1.54, 1.807) is 12.3 Å². The van der Waals surface area contributed by atoms with E-state index < -0.39 is 0 Å². The first kappa shape index (κ1) is 19.0. The van der Waals surface area contributed by atoms with Crippen LogP contribution in [-0.4, -0.2) is 64.4 Å². The van der Waals surface area contributed by atoms with Gasteiger partial charge in [-0.15, -0.1) is 0 Å². The summed E-state index contributed by atoms with van der Waals surface area (Å²) in [6.45, 7) is 4.08. The number of rotatable bonds is 6. The van der Waals surface area contributed by atoms with Gasteiger partial charge in [0.25, 0.3) is 0 Å². The minimum Gasteiger partial charge on any atom is -0.338 e. The second kappa shape index (κ2) is 8.73. The van der Waals surface area contributed by atoms with Crippen LogP contribution in [-0.2, 0) is 4.79 Å². The molecule has 1 N–H and O–H groups in total. The van der Waals surface area contributed by atoms with Crippen molar-refractivity contribution in [3.8, 4) is 0 Å². The third-order valence-corrected chi connectivity index (χ3v) is 4.43. The lowest BCUT2D eigenvalue weighted by molar-refractivity contribution is -0.125. The molecule has 3 rings (SSSR count). The molecule has 1 amide bonds. The van der Waals surface area contributed by atoms with Crippen LogP contribution in [0.2, 0.25) is 0 Å². The lowest BCUT2D eigenvalue weighted by atomic mass is 10.0. The van der Waals surface area contributed by atoms with Crippen molar-refractivity contribution >= 4 is 17.5 Å². The van der Waals surface area contributed by atoms with E-state index in [0.29, 0.717) is 12.4 Å². The summed E-state index contributed by atoms with van der Waals surface area (Å²) in [7, 11) is 3.96. The average Bonchev–Trinajstić information content (AvgIpc) is 3.12. The Labute approximate surface area is 160 Å². The first-order chi connectivity index (χ1) is 13.0. The quantitative estimate of drug-likeness (QED) is 0.791. The predicted octanol–water partition coefficient (Wildman–Crippen LogP) is 2.36. The van der Waals surface area contributed by atoms with E-state index in [1.807, 2.05) is 61.2 Å². The fraction of sp³-hybridized carbons (Fsp3) is 0.400. The number of likely N-dealkylation sites (N-methyl/N-ethyl adjacent to an activating group) is 1. The fourth-order valence-electron chi connectivity index (χ4n) is 3.10. The number of amides is 1. The number of carbonyl (C=O) groups excluding carboxylic acids is 1. The van der Waals surface area contributed by atoms with Gasteiger partial charge in [-0.25, -0.2) is 15.0 Å². The lowest BCUT2D eigenvalue weighted by Gasteiger charge is -2.15. The van der Waals surface area contributed by atoms with Gasteiger partial charge in [0.2, 0.25) is 5.91 Å². The van der Waals surface area contributed by atoms with Crippen LogP contribution in [0, 0.1) is 6.92 Å². The van der Waals surface area contributed by atoms with Crippen LogP contribution >= 0.6 is 0 Å². The summed E-state index contributed by atoms with van der Waals surface area (Å²) in [5.41, 5.74) is 0.966. The van der Waals surface area contributed by atoms with E-state index in [2.05, 4.69) is 20.3 Å². The Hall–Kier alpha value is -2.80. The molecular formula is C20H26N6O. The topological polar surface area (TPSA) is 74.2 Å². The summed E-state index contributed by atoms with van der Waals surface area (Å²) < 4.78 is 0. The van der Waals surface area contributed by atoms with E-state index in [4.69, 9.17) is 0 Å². The number of hydrogen-bond donors (Lipinski definition) is 1. The summed E-state index contributed by atoms with van der Waals surface area (Å²) in [5, 5.41) is 3.22. The molecule has 3 heterocycles. The van der Waals surface area contributed by atoms with Crippen molar-refractivity contribution in [3.63, 3.8) is 0 Å². The van der Waals surface area contributed by atoms with Crippen LogP contribution in [0.25, 0.3) is 0 Å². The molecule has 2 aromatic rings. The highest BCUT2D eigenvalue weighted by atomic mass is 16.2. The molecule has 0 bridgehead atoms. The maximum Gasteiger partial charge on any atom is 0.246 e. The molecule has 0 spiro atoms. The average molecular weight is 366 g/mol. The van der Waals surface area contributed by atoms with Crippen LogP contribution in [0.4, 0.5) is 11.6 Å². The molecule has 0 aliphatic carbocycles. The van der Waals surface area contributed by atoms with Crippen molar-refractivity contribution in [2.45, 2.75) is 19.3 Å².